The van der Waals surface area contributed by atoms with Crippen LogP contribution in [0.25, 0.3) is 0 Å². The number of nitrogens with zero attached hydrogens (tertiary/aromatic N) is 4. The van der Waals surface area contributed by atoms with Crippen molar-refractivity contribution in [2.45, 2.75) is 32.2 Å². The van der Waals surface area contributed by atoms with E-state index < -0.39 is 0 Å². The van der Waals surface area contributed by atoms with Gasteiger partial charge in [-0.1, -0.05) is 60.7 Å². The lowest BCUT2D eigenvalue weighted by molar-refractivity contribution is 0.195. The fourth-order valence-corrected chi connectivity index (χ4v) is 3.49. The average Bonchev–Trinajstić information content (AvgIpc) is 3.15. The van der Waals surface area contributed by atoms with Crippen LogP contribution in [0, 0.1) is 6.92 Å². The van der Waals surface area contributed by atoms with Crippen molar-refractivity contribution >= 4 is 29.9 Å². The Labute approximate surface area is 214 Å². The number of nitrogens with one attached hydrogen (secondary N) is 2. The normalized spacial score (nSPS) is 12.2. The fourth-order valence-electron chi connectivity index (χ4n) is 3.49. The van der Waals surface area contributed by atoms with Crippen LogP contribution >= 0.6 is 24.0 Å². The van der Waals surface area contributed by atoms with E-state index in [1.54, 1.807) is 7.11 Å². The van der Waals surface area contributed by atoms with E-state index in [4.69, 9.17) is 9.73 Å². The minimum atomic E-state index is 0. The van der Waals surface area contributed by atoms with E-state index in [2.05, 4.69) is 81.5 Å². The van der Waals surface area contributed by atoms with Crippen LogP contribution in [0.2, 0.25) is 0 Å². The van der Waals surface area contributed by atoms with E-state index >= 15 is 0 Å². The molecule has 0 radical (unpaired) electrons. The van der Waals surface area contributed by atoms with Gasteiger partial charge >= 0.3 is 0 Å². The largest absolute Gasteiger partial charge is 0.385 e. The smallest absolute Gasteiger partial charge is 0.191 e. The molecule has 0 spiro atoms. The molecule has 0 saturated carbocycles. The summed E-state index contributed by atoms with van der Waals surface area (Å²) in [4.78, 5) is 4.77. The molecule has 1 heterocycles. The number of guanidine groups is 1. The van der Waals surface area contributed by atoms with E-state index in [0.29, 0.717) is 19.1 Å². The predicted molar refractivity (Wildman–Crippen MR) is 144 cm³/mol. The second-order valence-electron chi connectivity index (χ2n) is 7.84. The standard InChI is InChI=1S/C25H34N6O.HI/c1-20-29-30-24(31(20)2)19-28-25(26-15-10-16-32-3)27-18-23(22-13-8-5-9-14-22)17-21-11-6-4-7-12-21;/h4-9,11-14,23H,10,15-19H2,1-3H3,(H2,26,27,28);1H. The van der Waals surface area contributed by atoms with E-state index in [1.165, 1.54) is 11.1 Å². The molecule has 3 rings (SSSR count). The molecule has 178 valence electrons. The molecule has 0 fully saturated rings. The average molecular weight is 563 g/mol. The maximum atomic E-state index is 5.17. The van der Waals surface area contributed by atoms with Crippen molar-refractivity contribution in [2.24, 2.45) is 12.0 Å². The second-order valence-corrected chi connectivity index (χ2v) is 7.84. The van der Waals surface area contributed by atoms with Gasteiger partial charge < -0.3 is 19.9 Å². The molecule has 0 amide bonds. The van der Waals surface area contributed by atoms with Crippen LogP contribution in [0.5, 0.6) is 0 Å². The maximum absolute atomic E-state index is 5.17. The molecule has 2 aromatic carbocycles. The summed E-state index contributed by atoms with van der Waals surface area (Å²) in [6, 6.07) is 21.3. The van der Waals surface area contributed by atoms with E-state index in [0.717, 1.165) is 43.5 Å². The number of benzene rings is 2. The van der Waals surface area contributed by atoms with Crippen molar-refractivity contribution in [3.8, 4) is 0 Å². The Morgan fingerprint density at radius 1 is 1.03 bits per heavy atom. The van der Waals surface area contributed by atoms with Gasteiger partial charge in [-0.3, -0.25) is 0 Å². The van der Waals surface area contributed by atoms with Gasteiger partial charge in [-0.25, -0.2) is 4.99 Å². The minimum absolute atomic E-state index is 0. The molecule has 1 unspecified atom stereocenters. The second kappa shape index (κ2) is 14.6. The van der Waals surface area contributed by atoms with Crippen LogP contribution in [0.4, 0.5) is 0 Å². The highest BCUT2D eigenvalue weighted by molar-refractivity contribution is 14.0. The number of halogens is 1. The molecule has 0 aliphatic heterocycles. The van der Waals surface area contributed by atoms with Crippen molar-refractivity contribution in [3.05, 3.63) is 83.4 Å². The Kier molecular flexibility index (Phi) is 11.9. The molecule has 33 heavy (non-hydrogen) atoms. The molecule has 7 nitrogen and oxygen atoms in total. The van der Waals surface area contributed by atoms with Gasteiger partial charge in [-0.15, -0.1) is 34.2 Å². The number of hydrogen-bond acceptors (Lipinski definition) is 4. The number of aryl methyl sites for hydroxylation is 1. The maximum Gasteiger partial charge on any atom is 0.191 e. The van der Waals surface area contributed by atoms with Crippen LogP contribution in [-0.2, 0) is 24.8 Å². The molecule has 8 heteroatoms. The lowest BCUT2D eigenvalue weighted by Gasteiger charge is -2.20. The Balaban J connectivity index is 0.00000385. The van der Waals surface area contributed by atoms with Crippen molar-refractivity contribution in [1.82, 2.24) is 25.4 Å². The van der Waals surface area contributed by atoms with Gasteiger partial charge in [-0.05, 0) is 30.9 Å². The Bertz CT molecular complexity index is 962. The van der Waals surface area contributed by atoms with Crippen LogP contribution < -0.4 is 10.6 Å². The molecule has 0 bridgehead atoms. The monoisotopic (exact) mass is 562 g/mol. The molecule has 1 atom stereocenters. The number of hydrogen-bond donors (Lipinski definition) is 2. The lowest BCUT2D eigenvalue weighted by Crippen LogP contribution is -2.40. The minimum Gasteiger partial charge on any atom is -0.385 e. The third kappa shape index (κ3) is 8.77. The van der Waals surface area contributed by atoms with Gasteiger partial charge in [0.05, 0.1) is 0 Å². The first-order valence-corrected chi connectivity index (χ1v) is 11.1. The topological polar surface area (TPSA) is 76.4 Å². The Morgan fingerprint density at radius 2 is 1.73 bits per heavy atom. The number of ether oxygens (including phenoxy) is 1. The predicted octanol–water partition coefficient (Wildman–Crippen LogP) is 3.84. The zero-order valence-corrected chi connectivity index (χ0v) is 22.0. The van der Waals surface area contributed by atoms with E-state index in [1.807, 2.05) is 18.5 Å². The van der Waals surface area contributed by atoms with Gasteiger partial charge in [-0.2, -0.15) is 0 Å². The van der Waals surface area contributed by atoms with E-state index in [-0.39, 0.29) is 24.0 Å². The molecule has 0 aliphatic rings. The summed E-state index contributed by atoms with van der Waals surface area (Å²) >= 11 is 0. The molecule has 0 aliphatic carbocycles. The highest BCUT2D eigenvalue weighted by Crippen LogP contribution is 2.20. The summed E-state index contributed by atoms with van der Waals surface area (Å²) < 4.78 is 7.14. The first kappa shape index (κ1) is 26.8. The van der Waals surface area contributed by atoms with Gasteiger partial charge in [0.2, 0.25) is 0 Å². The third-order valence-electron chi connectivity index (χ3n) is 5.49. The zero-order valence-electron chi connectivity index (χ0n) is 19.7. The van der Waals surface area contributed by atoms with Gasteiger partial charge in [0.15, 0.2) is 11.8 Å². The number of aromatic nitrogens is 3. The van der Waals surface area contributed by atoms with E-state index in [9.17, 15) is 0 Å². The SMILES string of the molecule is COCCCNC(=NCc1nnc(C)n1C)NCC(Cc1ccccc1)c1ccccc1.I. The van der Waals surface area contributed by atoms with Crippen LogP contribution in [0.1, 0.15) is 35.1 Å². The van der Waals surface area contributed by atoms with Gasteiger partial charge in [0.25, 0.3) is 0 Å². The Hall–Kier alpha value is -2.46. The quantitative estimate of drug-likeness (QED) is 0.161. The first-order chi connectivity index (χ1) is 15.7. The molecule has 1 aromatic heterocycles. The molecule has 0 saturated heterocycles. The summed E-state index contributed by atoms with van der Waals surface area (Å²) in [5, 5.41) is 15.3. The van der Waals surface area contributed by atoms with Crippen molar-refractivity contribution in [3.63, 3.8) is 0 Å². The third-order valence-corrected chi connectivity index (χ3v) is 5.49. The first-order valence-electron chi connectivity index (χ1n) is 11.1. The number of rotatable bonds is 11. The lowest BCUT2D eigenvalue weighted by atomic mass is 9.92. The van der Waals surface area contributed by atoms with Crippen LogP contribution in [0.3, 0.4) is 0 Å². The van der Waals surface area contributed by atoms with Crippen molar-refractivity contribution in [1.29, 1.82) is 0 Å². The van der Waals surface area contributed by atoms with Crippen molar-refractivity contribution < 1.29 is 4.74 Å². The molecular weight excluding hydrogens is 527 g/mol. The van der Waals surface area contributed by atoms with Crippen LogP contribution in [0.15, 0.2) is 65.7 Å². The number of methoxy groups -OCH3 is 1. The fraction of sp³-hybridized carbons (Fsp3) is 0.400. The highest BCUT2D eigenvalue weighted by atomic mass is 127. The summed E-state index contributed by atoms with van der Waals surface area (Å²) in [6.07, 6.45) is 1.86. The summed E-state index contributed by atoms with van der Waals surface area (Å²) in [6.45, 7) is 4.67. The zero-order chi connectivity index (χ0) is 22.6. The summed E-state index contributed by atoms with van der Waals surface area (Å²) in [7, 11) is 3.68. The molecular formula is C25H35IN6O. The van der Waals surface area contributed by atoms with Crippen LogP contribution in [-0.4, -0.2) is 47.5 Å². The molecule has 2 N–H and O–H groups in total. The van der Waals surface area contributed by atoms with Gasteiger partial charge in [0, 0.05) is 39.8 Å². The highest BCUT2D eigenvalue weighted by Gasteiger charge is 2.14. The summed E-state index contributed by atoms with van der Waals surface area (Å²) in [5.41, 5.74) is 2.63. The van der Waals surface area contributed by atoms with Crippen molar-refractivity contribution in [2.75, 3.05) is 26.8 Å². The number of aliphatic imine (C=N–C) groups is 1. The Morgan fingerprint density at radius 3 is 2.36 bits per heavy atom. The molecule has 3 aromatic rings. The summed E-state index contributed by atoms with van der Waals surface area (Å²) in [5.74, 6) is 2.81. The van der Waals surface area contributed by atoms with Gasteiger partial charge in [0.1, 0.15) is 12.4 Å².